The zero-order chi connectivity index (χ0) is 25.2. The monoisotopic (exact) mass is 573 g/mol. The number of imide groups is 1. The lowest BCUT2D eigenvalue weighted by atomic mass is 9.96. The van der Waals surface area contributed by atoms with Gasteiger partial charge in [-0.1, -0.05) is 27.5 Å². The molecule has 2 aromatic rings. The molecule has 36 heavy (non-hydrogen) atoms. The van der Waals surface area contributed by atoms with Gasteiger partial charge in [-0.05, 0) is 68.1 Å². The molecular formula is C27H33BrClN5O2. The summed E-state index contributed by atoms with van der Waals surface area (Å²) in [5, 5.41) is 2.90. The molecule has 3 aliphatic rings. The SMILES string of the molecule is CN(c1ccc(Cl)c(N2CCC(=O)NC2=O)c1)C1CCN(C2CCN(c3ccc(Br)cc3)CC2)CC1. The number of hydrogen-bond acceptors (Lipinski definition) is 5. The van der Waals surface area contributed by atoms with Gasteiger partial charge in [0.25, 0.3) is 0 Å². The van der Waals surface area contributed by atoms with Crippen LogP contribution < -0.4 is 20.0 Å². The fourth-order valence-corrected chi connectivity index (χ4v) is 6.20. The fraction of sp³-hybridized carbons (Fsp3) is 0.481. The minimum atomic E-state index is -0.410. The zero-order valence-electron chi connectivity index (χ0n) is 20.6. The Morgan fingerprint density at radius 1 is 0.944 bits per heavy atom. The second-order valence-electron chi connectivity index (χ2n) is 9.96. The van der Waals surface area contributed by atoms with E-state index in [4.69, 9.17) is 11.6 Å². The second-order valence-corrected chi connectivity index (χ2v) is 11.3. The van der Waals surface area contributed by atoms with Crippen LogP contribution in [-0.4, -0.2) is 68.7 Å². The smallest absolute Gasteiger partial charge is 0.328 e. The molecule has 0 aliphatic carbocycles. The van der Waals surface area contributed by atoms with Crippen molar-refractivity contribution in [1.29, 1.82) is 0 Å². The highest BCUT2D eigenvalue weighted by Crippen LogP contribution is 2.34. The van der Waals surface area contributed by atoms with E-state index in [0.717, 1.165) is 49.2 Å². The van der Waals surface area contributed by atoms with Gasteiger partial charge in [0.05, 0.1) is 10.7 Å². The minimum Gasteiger partial charge on any atom is -0.371 e. The molecule has 0 bridgehead atoms. The van der Waals surface area contributed by atoms with Gasteiger partial charge in [-0.2, -0.15) is 0 Å². The van der Waals surface area contributed by atoms with Gasteiger partial charge in [-0.15, -0.1) is 0 Å². The van der Waals surface area contributed by atoms with Gasteiger partial charge in [-0.25, -0.2) is 4.79 Å². The predicted octanol–water partition coefficient (Wildman–Crippen LogP) is 5.12. The van der Waals surface area contributed by atoms with Gasteiger partial charge in [0.15, 0.2) is 0 Å². The van der Waals surface area contributed by atoms with Crippen LogP contribution >= 0.6 is 27.5 Å². The van der Waals surface area contributed by atoms with E-state index in [0.29, 0.717) is 29.3 Å². The molecule has 3 amide bonds. The second kappa shape index (κ2) is 11.0. The third-order valence-electron chi connectivity index (χ3n) is 7.90. The summed E-state index contributed by atoms with van der Waals surface area (Å²) in [6.07, 6.45) is 4.91. The van der Waals surface area contributed by atoms with E-state index in [2.05, 4.69) is 67.3 Å². The molecule has 0 atom stereocenters. The summed E-state index contributed by atoms with van der Waals surface area (Å²) in [5.41, 5.74) is 3.01. The Hall–Kier alpha value is -2.29. The van der Waals surface area contributed by atoms with Crippen LogP contribution in [0.1, 0.15) is 32.1 Å². The number of anilines is 3. The van der Waals surface area contributed by atoms with Crippen molar-refractivity contribution in [3.63, 3.8) is 0 Å². The first-order valence-corrected chi connectivity index (χ1v) is 13.9. The van der Waals surface area contributed by atoms with E-state index in [1.165, 1.54) is 18.5 Å². The summed E-state index contributed by atoms with van der Waals surface area (Å²) < 4.78 is 1.12. The Kier molecular flexibility index (Phi) is 7.74. The van der Waals surface area contributed by atoms with Crippen molar-refractivity contribution < 1.29 is 9.59 Å². The zero-order valence-corrected chi connectivity index (χ0v) is 23.0. The standard InChI is InChI=1S/C27H33BrClN5O2/c1-31(23-6-7-24(29)25(18-23)34-17-12-26(35)30-27(34)36)20-8-13-33(14-9-20)22-10-15-32(16-11-22)21-4-2-19(28)3-5-21/h2-7,18,20,22H,8-17H2,1H3,(H,30,35,36). The maximum absolute atomic E-state index is 12.4. The van der Waals surface area contributed by atoms with Gasteiger partial charge in [0, 0.05) is 74.1 Å². The molecule has 7 nitrogen and oxygen atoms in total. The molecule has 5 rings (SSSR count). The molecular weight excluding hydrogens is 542 g/mol. The van der Waals surface area contributed by atoms with Gasteiger partial charge in [-0.3, -0.25) is 15.0 Å². The minimum absolute atomic E-state index is 0.244. The highest BCUT2D eigenvalue weighted by atomic mass is 79.9. The molecule has 0 radical (unpaired) electrons. The quantitative estimate of drug-likeness (QED) is 0.537. The maximum atomic E-state index is 12.4. The highest BCUT2D eigenvalue weighted by molar-refractivity contribution is 9.10. The van der Waals surface area contributed by atoms with Crippen LogP contribution in [0.3, 0.4) is 0 Å². The van der Waals surface area contributed by atoms with Crippen LogP contribution in [0.15, 0.2) is 46.9 Å². The Morgan fingerprint density at radius 2 is 1.64 bits per heavy atom. The lowest BCUT2D eigenvalue weighted by molar-refractivity contribution is -0.120. The molecule has 0 unspecified atom stereocenters. The Bertz CT molecular complexity index is 1100. The van der Waals surface area contributed by atoms with Crippen LogP contribution in [0.4, 0.5) is 21.9 Å². The summed E-state index contributed by atoms with van der Waals surface area (Å²) in [5.74, 6) is -0.244. The van der Waals surface area contributed by atoms with E-state index in [9.17, 15) is 9.59 Å². The molecule has 3 heterocycles. The van der Waals surface area contributed by atoms with Gasteiger partial charge in [0.1, 0.15) is 0 Å². The lowest BCUT2D eigenvalue weighted by Crippen LogP contribution is -2.51. The normalized spacial score (nSPS) is 20.5. The van der Waals surface area contributed by atoms with E-state index < -0.39 is 6.03 Å². The van der Waals surface area contributed by atoms with Gasteiger partial charge >= 0.3 is 6.03 Å². The summed E-state index contributed by atoms with van der Waals surface area (Å²) in [7, 11) is 2.13. The number of nitrogens with one attached hydrogen (secondary N) is 1. The molecule has 0 spiro atoms. The van der Waals surface area contributed by atoms with Crippen molar-refractivity contribution in [2.24, 2.45) is 0 Å². The number of carbonyl (C=O) groups is 2. The largest absolute Gasteiger partial charge is 0.371 e. The number of halogens is 2. The first-order chi connectivity index (χ1) is 17.4. The molecule has 3 saturated heterocycles. The average molecular weight is 575 g/mol. The van der Waals surface area contributed by atoms with Crippen molar-refractivity contribution >= 4 is 56.5 Å². The van der Waals surface area contributed by atoms with Crippen molar-refractivity contribution in [2.75, 3.05) is 54.5 Å². The van der Waals surface area contributed by atoms with E-state index in [-0.39, 0.29) is 12.3 Å². The number of likely N-dealkylation sites (tertiary alicyclic amines) is 1. The molecule has 0 saturated carbocycles. The summed E-state index contributed by atoms with van der Waals surface area (Å²) >= 11 is 9.97. The number of benzene rings is 2. The van der Waals surface area contributed by atoms with Crippen LogP contribution in [0, 0.1) is 0 Å². The number of hydrogen-bond donors (Lipinski definition) is 1. The molecule has 3 fully saturated rings. The fourth-order valence-electron chi connectivity index (χ4n) is 5.71. The van der Waals surface area contributed by atoms with Crippen LogP contribution in [0.25, 0.3) is 0 Å². The lowest BCUT2D eigenvalue weighted by Gasteiger charge is -2.44. The van der Waals surface area contributed by atoms with Crippen molar-refractivity contribution in [3.05, 3.63) is 52.0 Å². The number of piperidine rings is 2. The topological polar surface area (TPSA) is 59.1 Å². The van der Waals surface area contributed by atoms with Gasteiger partial charge in [0.2, 0.25) is 5.91 Å². The third-order valence-corrected chi connectivity index (χ3v) is 8.75. The predicted molar refractivity (Wildman–Crippen MR) is 149 cm³/mol. The summed E-state index contributed by atoms with van der Waals surface area (Å²) in [6.45, 7) is 4.77. The Morgan fingerprint density at radius 3 is 2.31 bits per heavy atom. The van der Waals surface area contributed by atoms with E-state index in [1.54, 1.807) is 4.90 Å². The molecule has 1 N–H and O–H groups in total. The van der Waals surface area contributed by atoms with Crippen molar-refractivity contribution in [3.8, 4) is 0 Å². The average Bonchev–Trinajstić information content (AvgIpc) is 2.90. The Balaban J connectivity index is 1.16. The molecule has 0 aromatic heterocycles. The molecule has 192 valence electrons. The van der Waals surface area contributed by atoms with Crippen LogP contribution in [0.2, 0.25) is 5.02 Å². The molecule has 9 heteroatoms. The molecule has 3 aliphatic heterocycles. The summed E-state index contributed by atoms with van der Waals surface area (Å²) in [4.78, 5) is 33.0. The van der Waals surface area contributed by atoms with Crippen LogP contribution in [0.5, 0.6) is 0 Å². The van der Waals surface area contributed by atoms with E-state index in [1.807, 2.05) is 18.2 Å². The Labute approximate surface area is 226 Å². The maximum Gasteiger partial charge on any atom is 0.328 e. The highest BCUT2D eigenvalue weighted by Gasteiger charge is 2.31. The first-order valence-electron chi connectivity index (χ1n) is 12.8. The number of carbonyl (C=O) groups excluding carboxylic acids is 2. The van der Waals surface area contributed by atoms with E-state index >= 15 is 0 Å². The summed E-state index contributed by atoms with van der Waals surface area (Å²) in [6, 6.07) is 15.2. The van der Waals surface area contributed by atoms with Gasteiger partial charge < -0.3 is 14.7 Å². The van der Waals surface area contributed by atoms with Crippen LogP contribution in [-0.2, 0) is 4.79 Å². The molecule has 2 aromatic carbocycles. The number of urea groups is 1. The van der Waals surface area contributed by atoms with Crippen molar-refractivity contribution in [2.45, 2.75) is 44.2 Å². The third kappa shape index (κ3) is 5.50. The van der Waals surface area contributed by atoms with Crippen molar-refractivity contribution in [1.82, 2.24) is 10.2 Å². The number of amides is 3. The number of nitrogens with zero attached hydrogens (tertiary/aromatic N) is 4. The first kappa shape index (κ1) is 25.4. The number of rotatable bonds is 5.